The molecule has 3 heterocycles. The second kappa shape index (κ2) is 8.65. The van der Waals surface area contributed by atoms with Crippen molar-refractivity contribution in [3.63, 3.8) is 0 Å². The van der Waals surface area contributed by atoms with Crippen LogP contribution in [0.4, 0.5) is 11.5 Å². The zero-order valence-corrected chi connectivity index (χ0v) is 16.6. The van der Waals surface area contributed by atoms with Gasteiger partial charge in [-0.1, -0.05) is 12.1 Å². The Balaban J connectivity index is 1.37. The van der Waals surface area contributed by atoms with Gasteiger partial charge in [-0.05, 0) is 49.1 Å². The van der Waals surface area contributed by atoms with E-state index in [-0.39, 0.29) is 18.4 Å². The number of benzene rings is 1. The van der Waals surface area contributed by atoms with Gasteiger partial charge < -0.3 is 15.1 Å². The third-order valence-electron chi connectivity index (χ3n) is 5.09. The van der Waals surface area contributed by atoms with Gasteiger partial charge >= 0.3 is 0 Å². The van der Waals surface area contributed by atoms with Gasteiger partial charge in [0.25, 0.3) is 0 Å². The summed E-state index contributed by atoms with van der Waals surface area (Å²) < 4.78 is 0. The van der Waals surface area contributed by atoms with Crippen molar-refractivity contribution in [2.45, 2.75) is 30.7 Å². The molecule has 146 valence electrons. The molecular weight excluding hydrogens is 372 g/mol. The number of rotatable bonds is 5. The van der Waals surface area contributed by atoms with E-state index in [0.29, 0.717) is 12.3 Å². The second-order valence-corrected chi connectivity index (χ2v) is 8.10. The maximum absolute atomic E-state index is 12.5. The molecule has 1 aromatic carbocycles. The molecule has 1 fully saturated rings. The number of pyridine rings is 1. The number of carbonyl (C=O) groups is 2. The molecule has 1 aromatic heterocycles. The van der Waals surface area contributed by atoms with Gasteiger partial charge in [-0.15, -0.1) is 11.8 Å². The standard InChI is InChI=1S/C21H24N4O2S/c26-20(14-25-17-6-2-3-7-18(17)28-15-21(25)27)23-13-16-8-9-22-19(12-16)24-10-4-1-5-11-24/h2-3,6-9,12H,1,4-5,10-11,13-15H2,(H,23,26). The Bertz CT molecular complexity index is 867. The molecule has 2 amide bonds. The summed E-state index contributed by atoms with van der Waals surface area (Å²) in [6.07, 6.45) is 5.48. The lowest BCUT2D eigenvalue weighted by Gasteiger charge is -2.28. The Kier molecular flexibility index (Phi) is 5.81. The van der Waals surface area contributed by atoms with Crippen LogP contribution >= 0.6 is 11.8 Å². The fourth-order valence-electron chi connectivity index (χ4n) is 3.59. The first-order valence-electron chi connectivity index (χ1n) is 9.69. The summed E-state index contributed by atoms with van der Waals surface area (Å²) in [4.78, 5) is 34.2. The summed E-state index contributed by atoms with van der Waals surface area (Å²) in [7, 11) is 0. The first-order valence-corrected chi connectivity index (χ1v) is 10.7. The van der Waals surface area contributed by atoms with Crippen LogP contribution in [0.2, 0.25) is 0 Å². The van der Waals surface area contributed by atoms with Crippen molar-refractivity contribution in [2.75, 3.05) is 35.2 Å². The maximum Gasteiger partial charge on any atom is 0.240 e. The highest BCUT2D eigenvalue weighted by Crippen LogP contribution is 2.34. The SMILES string of the molecule is O=C(CN1C(=O)CSc2ccccc21)NCc1ccnc(N2CCCCC2)c1. The maximum atomic E-state index is 12.5. The summed E-state index contributed by atoms with van der Waals surface area (Å²) in [5.74, 6) is 1.15. The summed E-state index contributed by atoms with van der Waals surface area (Å²) in [6, 6.07) is 11.7. The minimum atomic E-state index is -0.161. The molecular formula is C21H24N4O2S. The van der Waals surface area contributed by atoms with Gasteiger partial charge in [0.2, 0.25) is 11.8 Å². The third kappa shape index (κ3) is 4.30. The number of piperidine rings is 1. The first-order chi connectivity index (χ1) is 13.7. The van der Waals surface area contributed by atoms with Crippen molar-refractivity contribution in [1.82, 2.24) is 10.3 Å². The summed E-state index contributed by atoms with van der Waals surface area (Å²) in [5, 5.41) is 2.94. The van der Waals surface area contributed by atoms with Crippen LogP contribution in [0.15, 0.2) is 47.5 Å². The number of thioether (sulfide) groups is 1. The molecule has 2 aliphatic rings. The van der Waals surface area contributed by atoms with E-state index in [2.05, 4.69) is 15.2 Å². The highest BCUT2D eigenvalue weighted by atomic mass is 32.2. The number of para-hydroxylation sites is 1. The Morgan fingerprint density at radius 3 is 2.82 bits per heavy atom. The van der Waals surface area contributed by atoms with Gasteiger partial charge in [0, 0.05) is 30.7 Å². The van der Waals surface area contributed by atoms with Gasteiger partial charge in [-0.2, -0.15) is 0 Å². The largest absolute Gasteiger partial charge is 0.357 e. The van der Waals surface area contributed by atoms with Crippen molar-refractivity contribution in [3.05, 3.63) is 48.2 Å². The van der Waals surface area contributed by atoms with Crippen molar-refractivity contribution >= 4 is 35.1 Å². The predicted molar refractivity (Wildman–Crippen MR) is 112 cm³/mol. The van der Waals surface area contributed by atoms with E-state index in [1.807, 2.05) is 36.4 Å². The van der Waals surface area contributed by atoms with Gasteiger partial charge in [0.05, 0.1) is 11.4 Å². The van der Waals surface area contributed by atoms with Gasteiger partial charge in [-0.25, -0.2) is 4.98 Å². The molecule has 0 bridgehead atoms. The second-order valence-electron chi connectivity index (χ2n) is 7.08. The molecule has 7 heteroatoms. The normalized spacial score (nSPS) is 16.6. The molecule has 0 aliphatic carbocycles. The van der Waals surface area contributed by atoms with E-state index in [1.54, 1.807) is 11.1 Å². The monoisotopic (exact) mass is 396 g/mol. The lowest BCUT2D eigenvalue weighted by Crippen LogP contribution is -2.43. The van der Waals surface area contributed by atoms with E-state index in [0.717, 1.165) is 35.1 Å². The Morgan fingerprint density at radius 1 is 1.14 bits per heavy atom. The van der Waals surface area contributed by atoms with E-state index in [9.17, 15) is 9.59 Å². The topological polar surface area (TPSA) is 65.5 Å². The van der Waals surface area contributed by atoms with Crippen molar-refractivity contribution < 1.29 is 9.59 Å². The predicted octanol–water partition coefficient (Wildman–Crippen LogP) is 2.83. The van der Waals surface area contributed by atoms with E-state index < -0.39 is 0 Å². The minimum absolute atomic E-state index is 0.0323. The van der Waals surface area contributed by atoms with E-state index >= 15 is 0 Å². The van der Waals surface area contributed by atoms with Crippen molar-refractivity contribution in [3.8, 4) is 0 Å². The van der Waals surface area contributed by atoms with Crippen molar-refractivity contribution in [1.29, 1.82) is 0 Å². The molecule has 0 atom stereocenters. The number of aromatic nitrogens is 1. The number of fused-ring (bicyclic) bond motifs is 1. The number of nitrogens with one attached hydrogen (secondary N) is 1. The van der Waals surface area contributed by atoms with Gasteiger partial charge in [0.1, 0.15) is 12.4 Å². The fourth-order valence-corrected chi connectivity index (χ4v) is 4.53. The smallest absolute Gasteiger partial charge is 0.240 e. The van der Waals surface area contributed by atoms with Crippen LogP contribution in [0.1, 0.15) is 24.8 Å². The lowest BCUT2D eigenvalue weighted by atomic mass is 10.1. The average Bonchev–Trinajstić information content (AvgIpc) is 2.75. The molecule has 0 saturated carbocycles. The minimum Gasteiger partial charge on any atom is -0.357 e. The van der Waals surface area contributed by atoms with Gasteiger partial charge in [-0.3, -0.25) is 9.59 Å². The molecule has 2 aromatic rings. The van der Waals surface area contributed by atoms with Crippen LogP contribution in [-0.2, 0) is 16.1 Å². The number of hydrogen-bond acceptors (Lipinski definition) is 5. The molecule has 0 radical (unpaired) electrons. The molecule has 2 aliphatic heterocycles. The molecule has 1 N–H and O–H groups in total. The van der Waals surface area contributed by atoms with Crippen LogP contribution in [0, 0.1) is 0 Å². The van der Waals surface area contributed by atoms with Crippen LogP contribution in [0.3, 0.4) is 0 Å². The quantitative estimate of drug-likeness (QED) is 0.842. The first kappa shape index (κ1) is 18.8. The summed E-state index contributed by atoms with van der Waals surface area (Å²) in [5.41, 5.74) is 1.83. The molecule has 0 spiro atoms. The number of nitrogens with zero attached hydrogens (tertiary/aromatic N) is 3. The molecule has 4 rings (SSSR count). The highest BCUT2D eigenvalue weighted by molar-refractivity contribution is 8.00. The van der Waals surface area contributed by atoms with E-state index in [1.165, 1.54) is 31.0 Å². The molecule has 1 saturated heterocycles. The lowest BCUT2D eigenvalue weighted by molar-refractivity contribution is -0.123. The van der Waals surface area contributed by atoms with Gasteiger partial charge in [0.15, 0.2) is 0 Å². The molecule has 28 heavy (non-hydrogen) atoms. The number of carbonyl (C=O) groups excluding carboxylic acids is 2. The van der Waals surface area contributed by atoms with Crippen LogP contribution in [0.5, 0.6) is 0 Å². The molecule has 6 nitrogen and oxygen atoms in total. The summed E-state index contributed by atoms with van der Waals surface area (Å²) in [6.45, 7) is 2.55. The Hall–Kier alpha value is -2.54. The summed E-state index contributed by atoms with van der Waals surface area (Å²) >= 11 is 1.52. The van der Waals surface area contributed by atoms with Crippen LogP contribution in [0.25, 0.3) is 0 Å². The number of anilines is 2. The van der Waals surface area contributed by atoms with Crippen LogP contribution in [-0.4, -0.2) is 42.2 Å². The highest BCUT2D eigenvalue weighted by Gasteiger charge is 2.26. The van der Waals surface area contributed by atoms with E-state index in [4.69, 9.17) is 0 Å². The number of hydrogen-bond donors (Lipinski definition) is 1. The number of amides is 2. The Labute approximate surface area is 169 Å². The Morgan fingerprint density at radius 2 is 1.96 bits per heavy atom. The van der Waals surface area contributed by atoms with Crippen LogP contribution < -0.4 is 15.1 Å². The third-order valence-corrected chi connectivity index (χ3v) is 6.14. The average molecular weight is 397 g/mol. The zero-order valence-electron chi connectivity index (χ0n) is 15.8. The zero-order chi connectivity index (χ0) is 19.3. The molecule has 0 unspecified atom stereocenters. The van der Waals surface area contributed by atoms with Crippen molar-refractivity contribution in [2.24, 2.45) is 0 Å². The fraction of sp³-hybridized carbons (Fsp3) is 0.381.